The van der Waals surface area contributed by atoms with E-state index in [0.29, 0.717) is 42.9 Å². The highest BCUT2D eigenvalue weighted by atomic mass is 19.1. The summed E-state index contributed by atoms with van der Waals surface area (Å²) in [5.41, 5.74) is 0.884. The molecule has 2 atom stereocenters. The molecule has 3 aliphatic rings. The molecule has 0 radical (unpaired) electrons. The number of methoxy groups -OCH3 is 1. The van der Waals surface area contributed by atoms with Crippen molar-refractivity contribution in [3.63, 3.8) is 0 Å². The Labute approximate surface area is 216 Å². The fourth-order valence-electron chi connectivity index (χ4n) is 5.37. The fourth-order valence-corrected chi connectivity index (χ4v) is 5.37. The highest BCUT2D eigenvalue weighted by Gasteiger charge is 2.48. The third-order valence-electron chi connectivity index (χ3n) is 7.47. The van der Waals surface area contributed by atoms with Gasteiger partial charge in [0.1, 0.15) is 17.6 Å². The van der Waals surface area contributed by atoms with E-state index in [-0.39, 0.29) is 36.3 Å². The molecule has 1 aliphatic carbocycles. The lowest BCUT2D eigenvalue weighted by atomic mass is 10.1. The predicted octanol–water partition coefficient (Wildman–Crippen LogP) is 2.54. The van der Waals surface area contributed by atoms with E-state index in [1.807, 2.05) is 9.80 Å². The van der Waals surface area contributed by atoms with E-state index >= 15 is 0 Å². The molecule has 9 heteroatoms. The van der Waals surface area contributed by atoms with Crippen LogP contribution in [0.1, 0.15) is 46.4 Å². The molecule has 2 heterocycles. The number of likely N-dealkylation sites (tertiary alicyclic amines) is 1. The lowest BCUT2D eigenvalue weighted by Crippen LogP contribution is -2.48. The quantitative estimate of drug-likeness (QED) is 0.649. The molecule has 8 nitrogen and oxygen atoms in total. The smallest absolute Gasteiger partial charge is 0.254 e. The van der Waals surface area contributed by atoms with Crippen molar-refractivity contribution in [2.45, 2.75) is 43.8 Å². The van der Waals surface area contributed by atoms with Gasteiger partial charge in [-0.25, -0.2) is 4.39 Å². The van der Waals surface area contributed by atoms with Crippen LogP contribution < -0.4 is 10.1 Å². The van der Waals surface area contributed by atoms with Gasteiger partial charge in [0.25, 0.3) is 11.8 Å². The van der Waals surface area contributed by atoms with E-state index in [9.17, 15) is 18.8 Å². The monoisotopic (exact) mass is 508 g/mol. The number of rotatable bonds is 6. The predicted molar refractivity (Wildman–Crippen MR) is 136 cm³/mol. The van der Waals surface area contributed by atoms with Gasteiger partial charge in [-0.2, -0.15) is 0 Å². The van der Waals surface area contributed by atoms with Crippen molar-refractivity contribution < 1.29 is 23.5 Å². The van der Waals surface area contributed by atoms with Crippen molar-refractivity contribution in [3.05, 3.63) is 65.5 Å². The van der Waals surface area contributed by atoms with Crippen LogP contribution in [0.4, 0.5) is 4.39 Å². The molecule has 196 valence electrons. The molecule has 3 fully saturated rings. The van der Waals surface area contributed by atoms with Gasteiger partial charge in [0, 0.05) is 43.3 Å². The van der Waals surface area contributed by atoms with Crippen molar-refractivity contribution in [1.82, 2.24) is 20.0 Å². The van der Waals surface area contributed by atoms with Crippen LogP contribution in [0, 0.1) is 5.82 Å². The Bertz CT molecular complexity index is 1130. The van der Waals surface area contributed by atoms with Crippen LogP contribution in [-0.2, 0) is 4.79 Å². The van der Waals surface area contributed by atoms with Gasteiger partial charge in [-0.3, -0.25) is 14.4 Å². The topological polar surface area (TPSA) is 82.2 Å². The Morgan fingerprint density at radius 3 is 2.32 bits per heavy atom. The minimum atomic E-state index is -0.675. The first-order valence-corrected chi connectivity index (χ1v) is 13.0. The summed E-state index contributed by atoms with van der Waals surface area (Å²) < 4.78 is 18.8. The number of amides is 3. The van der Waals surface area contributed by atoms with Crippen molar-refractivity contribution in [2.75, 3.05) is 39.8 Å². The van der Waals surface area contributed by atoms with E-state index < -0.39 is 11.9 Å². The summed E-state index contributed by atoms with van der Waals surface area (Å²) in [6, 6.07) is 11.6. The normalized spacial score (nSPS) is 21.9. The van der Waals surface area contributed by atoms with Crippen LogP contribution >= 0.6 is 0 Å². The van der Waals surface area contributed by atoms with Gasteiger partial charge < -0.3 is 24.8 Å². The Kier molecular flexibility index (Phi) is 7.41. The Hall–Kier alpha value is -3.46. The molecule has 0 aromatic heterocycles. The lowest BCUT2D eigenvalue weighted by Gasteiger charge is -2.29. The van der Waals surface area contributed by atoms with Crippen LogP contribution in [0.15, 0.2) is 48.5 Å². The molecule has 0 bridgehead atoms. The molecular formula is C28H33FN4O4. The third-order valence-corrected chi connectivity index (χ3v) is 7.47. The summed E-state index contributed by atoms with van der Waals surface area (Å²) in [5, 5.41) is 3.31. The first-order chi connectivity index (χ1) is 18.0. The standard InChI is InChI=1S/C28H33FN4O4/c1-37-24-11-5-20(6-12-24)27(35)33(22-9-10-22)23-17-25(28(36)31-15-2-13-30-14-16-31)32(18-23)26(34)19-3-7-21(29)8-4-19/h3-8,11-12,22-23,25,30H,2,9-10,13-18H2,1H3. The molecule has 2 aromatic rings. The Balaban J connectivity index is 1.42. The molecule has 2 aliphatic heterocycles. The summed E-state index contributed by atoms with van der Waals surface area (Å²) in [4.78, 5) is 46.3. The largest absolute Gasteiger partial charge is 0.497 e. The zero-order chi connectivity index (χ0) is 25.9. The van der Waals surface area contributed by atoms with Gasteiger partial charge in [-0.1, -0.05) is 0 Å². The van der Waals surface area contributed by atoms with Crippen LogP contribution in [0.5, 0.6) is 5.75 Å². The van der Waals surface area contributed by atoms with Gasteiger partial charge in [0.2, 0.25) is 5.91 Å². The van der Waals surface area contributed by atoms with Crippen LogP contribution in [0.2, 0.25) is 0 Å². The molecule has 0 spiro atoms. The number of benzene rings is 2. The number of hydrogen-bond acceptors (Lipinski definition) is 5. The van der Waals surface area contributed by atoms with Crippen molar-refractivity contribution in [2.24, 2.45) is 0 Å². The van der Waals surface area contributed by atoms with Crippen LogP contribution in [0.25, 0.3) is 0 Å². The van der Waals surface area contributed by atoms with Crippen molar-refractivity contribution in [3.8, 4) is 5.75 Å². The number of carbonyl (C=O) groups is 3. The molecule has 1 N–H and O–H groups in total. The SMILES string of the molecule is COc1ccc(C(=O)N(C2CC2)C2CC(C(=O)N3CCCNCC3)N(C(=O)c3ccc(F)cc3)C2)cc1. The van der Waals surface area contributed by atoms with Gasteiger partial charge >= 0.3 is 0 Å². The minimum absolute atomic E-state index is 0.0886. The molecule has 37 heavy (non-hydrogen) atoms. The zero-order valence-corrected chi connectivity index (χ0v) is 21.1. The third kappa shape index (κ3) is 5.46. The van der Waals surface area contributed by atoms with Gasteiger partial charge in [-0.05, 0) is 80.8 Å². The maximum atomic E-state index is 13.7. The van der Waals surface area contributed by atoms with Crippen LogP contribution in [0.3, 0.4) is 0 Å². The van der Waals surface area contributed by atoms with Crippen LogP contribution in [-0.4, -0.2) is 90.4 Å². The summed E-state index contributed by atoms with van der Waals surface area (Å²) in [7, 11) is 1.58. The summed E-state index contributed by atoms with van der Waals surface area (Å²) in [6.07, 6.45) is 3.04. The average Bonchev–Trinajstić information content (AvgIpc) is 3.71. The highest BCUT2D eigenvalue weighted by molar-refractivity contribution is 5.99. The van der Waals surface area contributed by atoms with Gasteiger partial charge in [0.05, 0.1) is 13.2 Å². The number of halogens is 1. The Morgan fingerprint density at radius 1 is 0.946 bits per heavy atom. The number of nitrogens with zero attached hydrogens (tertiary/aromatic N) is 3. The second-order valence-electron chi connectivity index (χ2n) is 9.97. The molecule has 3 amide bonds. The summed E-state index contributed by atoms with van der Waals surface area (Å²) in [6.45, 7) is 3.02. The van der Waals surface area contributed by atoms with E-state index in [4.69, 9.17) is 4.74 Å². The first-order valence-electron chi connectivity index (χ1n) is 13.0. The average molecular weight is 509 g/mol. The second-order valence-corrected chi connectivity index (χ2v) is 9.97. The Morgan fingerprint density at radius 2 is 1.65 bits per heavy atom. The molecule has 2 unspecified atom stereocenters. The van der Waals surface area contributed by atoms with E-state index in [1.165, 1.54) is 24.3 Å². The highest BCUT2D eigenvalue weighted by Crippen LogP contribution is 2.36. The van der Waals surface area contributed by atoms with E-state index in [2.05, 4.69) is 5.32 Å². The number of carbonyl (C=O) groups excluding carboxylic acids is 3. The number of nitrogens with one attached hydrogen (secondary N) is 1. The van der Waals surface area contributed by atoms with E-state index in [1.54, 1.807) is 36.3 Å². The van der Waals surface area contributed by atoms with E-state index in [0.717, 1.165) is 25.8 Å². The maximum Gasteiger partial charge on any atom is 0.254 e. The molecule has 5 rings (SSSR count). The molecule has 2 saturated heterocycles. The molecule has 1 saturated carbocycles. The maximum absolute atomic E-state index is 13.7. The fraction of sp³-hybridized carbons (Fsp3) is 0.464. The second kappa shape index (κ2) is 10.9. The molecular weight excluding hydrogens is 475 g/mol. The van der Waals surface area contributed by atoms with Gasteiger partial charge in [0.15, 0.2) is 0 Å². The lowest BCUT2D eigenvalue weighted by molar-refractivity contribution is -0.135. The molecule has 2 aromatic carbocycles. The first kappa shape index (κ1) is 25.2. The summed E-state index contributed by atoms with van der Waals surface area (Å²) >= 11 is 0. The number of hydrogen-bond donors (Lipinski definition) is 1. The minimum Gasteiger partial charge on any atom is -0.497 e. The van der Waals surface area contributed by atoms with Crippen molar-refractivity contribution in [1.29, 1.82) is 0 Å². The zero-order valence-electron chi connectivity index (χ0n) is 21.1. The van der Waals surface area contributed by atoms with Gasteiger partial charge in [-0.15, -0.1) is 0 Å². The summed E-state index contributed by atoms with van der Waals surface area (Å²) in [5.74, 6) is -0.262. The van der Waals surface area contributed by atoms with Crippen molar-refractivity contribution >= 4 is 17.7 Å². The number of ether oxygens (including phenoxy) is 1.